The zero-order valence-corrected chi connectivity index (χ0v) is 10.4. The molecule has 74 valence electrons. The Morgan fingerprint density at radius 3 is 2.50 bits per heavy atom. The van der Waals surface area contributed by atoms with Crippen molar-refractivity contribution in [1.82, 2.24) is 0 Å². The van der Waals surface area contributed by atoms with Crippen LogP contribution in [0, 0.1) is 6.92 Å². The van der Waals surface area contributed by atoms with Gasteiger partial charge in [0.15, 0.2) is 0 Å². The number of rotatable bonds is 1. The molecule has 0 fully saturated rings. The van der Waals surface area contributed by atoms with Crippen LogP contribution >= 0.6 is 0 Å². The normalized spacial score (nSPS) is 9.57. The van der Waals surface area contributed by atoms with Gasteiger partial charge in [0.25, 0.3) is 5.52 Å². The van der Waals surface area contributed by atoms with Gasteiger partial charge in [0.1, 0.15) is 7.11 Å². The highest BCUT2D eigenvalue weighted by atomic mass is 127. The lowest BCUT2D eigenvalue weighted by molar-refractivity contribution is -0.869. The maximum absolute atomic E-state index is 5.27. The van der Waals surface area contributed by atoms with Gasteiger partial charge in [0.05, 0.1) is 5.39 Å². The fourth-order valence-electron chi connectivity index (χ4n) is 1.52. The van der Waals surface area contributed by atoms with Crippen LogP contribution in [0.1, 0.15) is 5.69 Å². The van der Waals surface area contributed by atoms with Crippen LogP contribution in [0.4, 0.5) is 0 Å². The van der Waals surface area contributed by atoms with Gasteiger partial charge in [-0.3, -0.25) is 4.84 Å². The number of nitrogens with zero attached hydrogens (tertiary/aromatic N) is 1. The molecule has 2 rings (SSSR count). The first kappa shape index (κ1) is 11.2. The Labute approximate surface area is 100 Å². The van der Waals surface area contributed by atoms with E-state index in [9.17, 15) is 0 Å². The van der Waals surface area contributed by atoms with E-state index in [1.807, 2.05) is 35.9 Å². The molecule has 0 amide bonds. The Bertz CT molecular complexity index is 442. The first-order valence-electron chi connectivity index (χ1n) is 4.28. The lowest BCUT2D eigenvalue weighted by Gasteiger charge is -1.99. The molecule has 1 aromatic heterocycles. The summed E-state index contributed by atoms with van der Waals surface area (Å²) in [6.45, 7) is 2.02. The average Bonchev–Trinajstić information content (AvgIpc) is 2.18. The quantitative estimate of drug-likeness (QED) is 0.461. The van der Waals surface area contributed by atoms with Crippen molar-refractivity contribution in [2.24, 2.45) is 0 Å². The van der Waals surface area contributed by atoms with Crippen LogP contribution < -0.4 is 33.5 Å². The summed E-state index contributed by atoms with van der Waals surface area (Å²) in [4.78, 5) is 5.27. The van der Waals surface area contributed by atoms with E-state index in [0.29, 0.717) is 0 Å². The number of pyridine rings is 1. The fourth-order valence-corrected chi connectivity index (χ4v) is 1.52. The second-order valence-corrected chi connectivity index (χ2v) is 3.01. The van der Waals surface area contributed by atoms with Gasteiger partial charge < -0.3 is 24.0 Å². The van der Waals surface area contributed by atoms with E-state index in [-0.39, 0.29) is 24.0 Å². The Morgan fingerprint density at radius 2 is 1.79 bits per heavy atom. The van der Waals surface area contributed by atoms with Gasteiger partial charge in [-0.15, -0.1) is 0 Å². The van der Waals surface area contributed by atoms with Crippen molar-refractivity contribution in [2.75, 3.05) is 7.11 Å². The largest absolute Gasteiger partial charge is 1.00 e. The van der Waals surface area contributed by atoms with E-state index in [1.54, 1.807) is 7.11 Å². The van der Waals surface area contributed by atoms with Crippen molar-refractivity contribution < 1.29 is 33.5 Å². The van der Waals surface area contributed by atoms with E-state index >= 15 is 0 Å². The maximum Gasteiger partial charge on any atom is 0.264 e. The molecule has 0 aliphatic carbocycles. The van der Waals surface area contributed by atoms with Crippen LogP contribution in [0.2, 0.25) is 0 Å². The molecule has 3 heteroatoms. The minimum absolute atomic E-state index is 0. The van der Waals surface area contributed by atoms with E-state index in [2.05, 4.69) is 12.1 Å². The Kier molecular flexibility index (Phi) is 3.69. The summed E-state index contributed by atoms with van der Waals surface area (Å²) in [7, 11) is 1.68. The smallest absolute Gasteiger partial charge is 0.264 e. The number of aryl methyl sites for hydroxylation is 1. The van der Waals surface area contributed by atoms with Crippen LogP contribution in [-0.2, 0) is 0 Å². The highest BCUT2D eigenvalue weighted by molar-refractivity contribution is 5.75. The molecule has 0 unspecified atom stereocenters. The van der Waals surface area contributed by atoms with Crippen molar-refractivity contribution in [3.05, 3.63) is 42.1 Å². The third-order valence-electron chi connectivity index (χ3n) is 2.16. The highest BCUT2D eigenvalue weighted by Crippen LogP contribution is 2.08. The van der Waals surface area contributed by atoms with Crippen LogP contribution in [0.15, 0.2) is 36.4 Å². The van der Waals surface area contributed by atoms with Gasteiger partial charge in [0.2, 0.25) is 5.69 Å². The van der Waals surface area contributed by atoms with Gasteiger partial charge in [-0.2, -0.15) is 0 Å². The van der Waals surface area contributed by atoms with Gasteiger partial charge in [-0.25, -0.2) is 0 Å². The van der Waals surface area contributed by atoms with Crippen LogP contribution in [0.3, 0.4) is 0 Å². The van der Waals surface area contributed by atoms with Gasteiger partial charge in [-0.1, -0.05) is 12.1 Å². The van der Waals surface area contributed by atoms with E-state index < -0.39 is 0 Å². The standard InChI is InChI=1S/C11H12NO.HI/c1-9-7-8-10-5-3-4-6-11(10)12(9)13-2;/h3-8H,1-2H3;1H/q+1;/p-1. The molecular formula is C11H12INO. The summed E-state index contributed by atoms with van der Waals surface area (Å²) in [5.74, 6) is 0. The Hall–Kier alpha value is -0.840. The third kappa shape index (κ3) is 1.82. The topological polar surface area (TPSA) is 13.1 Å². The summed E-state index contributed by atoms with van der Waals surface area (Å²) in [5, 5.41) is 1.19. The van der Waals surface area contributed by atoms with Gasteiger partial charge in [-0.05, 0) is 12.1 Å². The molecular weight excluding hydrogens is 289 g/mol. The number of halogens is 1. The highest BCUT2D eigenvalue weighted by Gasteiger charge is 2.11. The first-order chi connectivity index (χ1) is 6.33. The summed E-state index contributed by atoms with van der Waals surface area (Å²) >= 11 is 0. The molecule has 0 aliphatic rings. The molecule has 0 radical (unpaired) electrons. The van der Waals surface area contributed by atoms with Gasteiger partial charge in [0, 0.05) is 23.8 Å². The minimum atomic E-state index is 0. The molecule has 0 saturated carbocycles. The molecule has 2 nitrogen and oxygen atoms in total. The zero-order chi connectivity index (χ0) is 9.26. The van der Waals surface area contributed by atoms with E-state index in [1.165, 1.54) is 5.39 Å². The molecule has 0 bridgehead atoms. The molecule has 0 spiro atoms. The van der Waals surface area contributed by atoms with Crippen molar-refractivity contribution in [3.8, 4) is 0 Å². The lowest BCUT2D eigenvalue weighted by atomic mass is 10.2. The van der Waals surface area contributed by atoms with Crippen LogP contribution in [0.5, 0.6) is 0 Å². The summed E-state index contributed by atoms with van der Waals surface area (Å²) in [5.41, 5.74) is 2.20. The number of hydrogen-bond donors (Lipinski definition) is 0. The third-order valence-corrected chi connectivity index (χ3v) is 2.16. The SMILES string of the molecule is CO[n+]1c(C)ccc2ccccc21.[I-]. The molecule has 0 N–H and O–H groups in total. The second-order valence-electron chi connectivity index (χ2n) is 3.01. The number of fused-ring (bicyclic) bond motifs is 1. The molecule has 0 saturated heterocycles. The van der Waals surface area contributed by atoms with Crippen LogP contribution in [0.25, 0.3) is 10.9 Å². The number of hydrogen-bond acceptors (Lipinski definition) is 1. The van der Waals surface area contributed by atoms with Crippen molar-refractivity contribution in [1.29, 1.82) is 0 Å². The summed E-state index contributed by atoms with van der Waals surface area (Å²) in [6, 6.07) is 12.3. The van der Waals surface area contributed by atoms with Crippen LogP contribution in [-0.4, -0.2) is 7.11 Å². The molecule has 14 heavy (non-hydrogen) atoms. The fraction of sp³-hybridized carbons (Fsp3) is 0.182. The Morgan fingerprint density at radius 1 is 1.07 bits per heavy atom. The van der Waals surface area contributed by atoms with E-state index in [4.69, 9.17) is 4.84 Å². The average molecular weight is 301 g/mol. The minimum Gasteiger partial charge on any atom is -1.00 e. The molecule has 2 aromatic rings. The maximum atomic E-state index is 5.27. The van der Waals surface area contributed by atoms with Crippen molar-refractivity contribution in [2.45, 2.75) is 6.92 Å². The zero-order valence-electron chi connectivity index (χ0n) is 8.20. The Balaban J connectivity index is 0.000000980. The first-order valence-corrected chi connectivity index (χ1v) is 4.28. The molecule has 0 aliphatic heterocycles. The second kappa shape index (κ2) is 4.59. The summed E-state index contributed by atoms with van der Waals surface area (Å²) in [6.07, 6.45) is 0. The number of aromatic nitrogens is 1. The molecule has 1 heterocycles. The lowest BCUT2D eigenvalue weighted by Crippen LogP contribution is -3.00. The molecule has 0 atom stereocenters. The molecule has 1 aromatic carbocycles. The van der Waals surface area contributed by atoms with E-state index in [0.717, 1.165) is 11.2 Å². The number of benzene rings is 1. The predicted octanol–water partition coefficient (Wildman–Crippen LogP) is -1.50. The predicted molar refractivity (Wildman–Crippen MR) is 51.4 cm³/mol. The summed E-state index contributed by atoms with van der Waals surface area (Å²) < 4.78 is 1.83. The van der Waals surface area contributed by atoms with Crippen molar-refractivity contribution >= 4 is 10.9 Å². The number of para-hydroxylation sites is 1. The monoisotopic (exact) mass is 301 g/mol. The van der Waals surface area contributed by atoms with Gasteiger partial charge >= 0.3 is 0 Å². The van der Waals surface area contributed by atoms with Crippen molar-refractivity contribution in [3.63, 3.8) is 0 Å².